The molecule has 1 aromatic carbocycles. The fourth-order valence-corrected chi connectivity index (χ4v) is 3.75. The number of amides is 1. The molecule has 2 saturated heterocycles. The van der Waals surface area contributed by atoms with Gasteiger partial charge in [0.25, 0.3) is 5.91 Å². The Labute approximate surface area is 141 Å². The summed E-state index contributed by atoms with van der Waals surface area (Å²) in [6.45, 7) is 4.15. The summed E-state index contributed by atoms with van der Waals surface area (Å²) >= 11 is 0. The van der Waals surface area contributed by atoms with Crippen molar-refractivity contribution in [3.63, 3.8) is 0 Å². The van der Waals surface area contributed by atoms with E-state index in [-0.39, 0.29) is 17.6 Å². The fourth-order valence-electron chi connectivity index (χ4n) is 3.75. The monoisotopic (exact) mass is 326 g/mol. The number of anilines is 1. The Morgan fingerprint density at radius 3 is 3.21 bits per heavy atom. The first-order valence-corrected chi connectivity index (χ1v) is 8.38. The molecule has 2 aliphatic rings. The molecular formula is C18H22N4O2. The number of nitrogens with one attached hydrogen (secondary N) is 2. The van der Waals surface area contributed by atoms with Crippen LogP contribution in [0.3, 0.4) is 0 Å². The molecule has 2 fully saturated rings. The van der Waals surface area contributed by atoms with Crippen molar-refractivity contribution in [3.8, 4) is 0 Å². The third-order valence-electron chi connectivity index (χ3n) is 4.93. The molecule has 3 heterocycles. The highest BCUT2D eigenvalue weighted by Crippen LogP contribution is 2.36. The zero-order valence-corrected chi connectivity index (χ0v) is 13.8. The summed E-state index contributed by atoms with van der Waals surface area (Å²) in [4.78, 5) is 21.1. The minimum Gasteiger partial charge on any atom is -0.380 e. The first-order chi connectivity index (χ1) is 11.6. The zero-order valence-electron chi connectivity index (χ0n) is 13.8. The van der Waals surface area contributed by atoms with E-state index in [2.05, 4.69) is 46.5 Å². The molecule has 2 aromatic rings. The van der Waals surface area contributed by atoms with Crippen molar-refractivity contribution in [1.82, 2.24) is 14.9 Å². The Morgan fingerprint density at radius 1 is 1.50 bits per heavy atom. The van der Waals surface area contributed by atoms with Crippen LogP contribution < -0.4 is 5.32 Å². The van der Waals surface area contributed by atoms with Crippen molar-refractivity contribution in [2.75, 3.05) is 25.0 Å². The van der Waals surface area contributed by atoms with E-state index < -0.39 is 0 Å². The highest BCUT2D eigenvalue weighted by atomic mass is 16.5. The number of nitrogens with zero attached hydrogens (tertiary/aromatic N) is 2. The number of hydrogen-bond acceptors (Lipinski definition) is 4. The predicted octanol–water partition coefficient (Wildman–Crippen LogP) is 2.20. The summed E-state index contributed by atoms with van der Waals surface area (Å²) in [7, 11) is 0. The lowest BCUT2D eigenvalue weighted by atomic mass is 9.97. The van der Waals surface area contributed by atoms with Crippen LogP contribution in [0.5, 0.6) is 0 Å². The van der Waals surface area contributed by atoms with E-state index in [1.165, 1.54) is 11.9 Å². The quantitative estimate of drug-likeness (QED) is 0.907. The largest absolute Gasteiger partial charge is 0.380 e. The Balaban J connectivity index is 1.39. The van der Waals surface area contributed by atoms with Crippen LogP contribution in [0, 0.1) is 6.92 Å². The second-order valence-corrected chi connectivity index (χ2v) is 6.85. The number of aromatic nitrogens is 2. The van der Waals surface area contributed by atoms with Gasteiger partial charge in [0.2, 0.25) is 0 Å². The molecule has 1 aromatic heterocycles. The number of hydrogen-bond donors (Lipinski definition) is 2. The van der Waals surface area contributed by atoms with Crippen LogP contribution in [-0.2, 0) is 4.74 Å². The highest BCUT2D eigenvalue weighted by Gasteiger charge is 2.47. The van der Waals surface area contributed by atoms with Gasteiger partial charge in [0.1, 0.15) is 5.69 Å². The Kier molecular flexibility index (Phi) is 3.76. The van der Waals surface area contributed by atoms with Gasteiger partial charge in [0.15, 0.2) is 0 Å². The van der Waals surface area contributed by atoms with Gasteiger partial charge in [-0.15, -0.1) is 0 Å². The topological polar surface area (TPSA) is 70.2 Å². The van der Waals surface area contributed by atoms with Gasteiger partial charge in [-0.3, -0.25) is 4.79 Å². The molecule has 24 heavy (non-hydrogen) atoms. The molecule has 0 aliphatic carbocycles. The number of carbonyl (C=O) groups excluding carboxylic acids is 1. The first kappa shape index (κ1) is 15.2. The van der Waals surface area contributed by atoms with Gasteiger partial charge in [0, 0.05) is 18.7 Å². The number of benzene rings is 1. The molecule has 6 nitrogen and oxygen atoms in total. The van der Waals surface area contributed by atoms with Crippen LogP contribution in [0.4, 0.5) is 5.69 Å². The number of likely N-dealkylation sites (tertiary alicyclic amines) is 1. The highest BCUT2D eigenvalue weighted by molar-refractivity contribution is 5.92. The van der Waals surface area contributed by atoms with Gasteiger partial charge in [-0.05, 0) is 31.0 Å². The Morgan fingerprint density at radius 2 is 2.42 bits per heavy atom. The van der Waals surface area contributed by atoms with Gasteiger partial charge in [0.05, 0.1) is 37.3 Å². The smallest absolute Gasteiger partial charge is 0.272 e. The second-order valence-electron chi connectivity index (χ2n) is 6.85. The van der Waals surface area contributed by atoms with Gasteiger partial charge in [-0.1, -0.05) is 12.1 Å². The molecular weight excluding hydrogens is 304 g/mol. The maximum Gasteiger partial charge on any atom is 0.272 e. The molecule has 2 aliphatic heterocycles. The lowest BCUT2D eigenvalue weighted by Crippen LogP contribution is -2.36. The standard InChI is InChI=1S/C18H22N4O2/c1-13-3-2-4-14(7-13)21-15-8-18(24-10-15)5-6-22(11-18)17(23)16-9-19-12-20-16/h2-4,7,9,12,15,21H,5-6,8,10-11H2,1H3,(H,19,20)/t15-,18-/m0/s1. The number of imidazole rings is 1. The van der Waals surface area contributed by atoms with Crippen LogP contribution in [-0.4, -0.2) is 52.1 Å². The van der Waals surface area contributed by atoms with Crippen LogP contribution in [0.25, 0.3) is 0 Å². The van der Waals surface area contributed by atoms with E-state index in [0.717, 1.165) is 25.1 Å². The number of ether oxygens (including phenoxy) is 1. The molecule has 2 N–H and O–H groups in total. The Bertz CT molecular complexity index is 730. The van der Waals surface area contributed by atoms with Crippen LogP contribution >= 0.6 is 0 Å². The molecule has 2 atom stereocenters. The number of aryl methyl sites for hydroxylation is 1. The van der Waals surface area contributed by atoms with Crippen molar-refractivity contribution in [3.05, 3.63) is 48.0 Å². The average molecular weight is 326 g/mol. The predicted molar refractivity (Wildman–Crippen MR) is 91.0 cm³/mol. The summed E-state index contributed by atoms with van der Waals surface area (Å²) in [6, 6.07) is 8.67. The normalized spacial score (nSPS) is 26.2. The number of rotatable bonds is 3. The summed E-state index contributed by atoms with van der Waals surface area (Å²) < 4.78 is 6.13. The lowest BCUT2D eigenvalue weighted by Gasteiger charge is -2.23. The Hall–Kier alpha value is -2.34. The summed E-state index contributed by atoms with van der Waals surface area (Å²) in [5.74, 6) is 0.00284. The van der Waals surface area contributed by atoms with E-state index in [1.807, 2.05) is 4.90 Å². The molecule has 0 radical (unpaired) electrons. The van der Waals surface area contributed by atoms with Crippen LogP contribution in [0.1, 0.15) is 28.9 Å². The van der Waals surface area contributed by atoms with Crippen molar-refractivity contribution in [1.29, 1.82) is 0 Å². The first-order valence-electron chi connectivity index (χ1n) is 8.38. The maximum atomic E-state index is 12.4. The SMILES string of the molecule is Cc1cccc(N[C@@H]2CO[C@@]3(CCN(C(=O)c4cnc[nH]4)C3)C2)c1. The van der Waals surface area contributed by atoms with Crippen molar-refractivity contribution >= 4 is 11.6 Å². The molecule has 1 amide bonds. The van der Waals surface area contributed by atoms with Gasteiger partial charge < -0.3 is 19.9 Å². The number of H-pyrrole nitrogens is 1. The lowest BCUT2D eigenvalue weighted by molar-refractivity contribution is 0.0124. The van der Waals surface area contributed by atoms with Gasteiger partial charge in [-0.2, -0.15) is 0 Å². The van der Waals surface area contributed by atoms with E-state index >= 15 is 0 Å². The van der Waals surface area contributed by atoms with Crippen molar-refractivity contribution in [2.45, 2.75) is 31.4 Å². The molecule has 0 bridgehead atoms. The molecule has 126 valence electrons. The zero-order chi connectivity index (χ0) is 16.6. The van der Waals surface area contributed by atoms with Crippen molar-refractivity contribution < 1.29 is 9.53 Å². The number of carbonyl (C=O) groups is 1. The van der Waals surface area contributed by atoms with Gasteiger partial charge in [-0.25, -0.2) is 4.98 Å². The van der Waals surface area contributed by atoms with Crippen LogP contribution in [0.2, 0.25) is 0 Å². The maximum absolute atomic E-state index is 12.4. The molecule has 6 heteroatoms. The minimum absolute atomic E-state index is 0.00284. The van der Waals surface area contributed by atoms with E-state index in [0.29, 0.717) is 18.8 Å². The summed E-state index contributed by atoms with van der Waals surface area (Å²) in [6.07, 6.45) is 4.92. The third kappa shape index (κ3) is 2.89. The summed E-state index contributed by atoms with van der Waals surface area (Å²) in [5.41, 5.74) is 2.70. The van der Waals surface area contributed by atoms with Gasteiger partial charge >= 0.3 is 0 Å². The number of aromatic amines is 1. The minimum atomic E-state index is -0.211. The third-order valence-corrected chi connectivity index (χ3v) is 4.93. The molecule has 0 unspecified atom stereocenters. The molecule has 4 rings (SSSR count). The summed E-state index contributed by atoms with van der Waals surface area (Å²) in [5, 5.41) is 3.56. The fraction of sp³-hybridized carbons (Fsp3) is 0.444. The molecule has 1 spiro atoms. The van der Waals surface area contributed by atoms with Crippen LogP contribution in [0.15, 0.2) is 36.8 Å². The average Bonchev–Trinajstić information content (AvgIpc) is 3.30. The molecule has 0 saturated carbocycles. The van der Waals surface area contributed by atoms with E-state index in [4.69, 9.17) is 4.74 Å². The van der Waals surface area contributed by atoms with E-state index in [9.17, 15) is 4.79 Å². The van der Waals surface area contributed by atoms with E-state index in [1.54, 1.807) is 6.20 Å². The second kappa shape index (κ2) is 5.94. The van der Waals surface area contributed by atoms with Crippen molar-refractivity contribution in [2.24, 2.45) is 0 Å².